The second kappa shape index (κ2) is 8.18. The molecule has 1 atom stereocenters. The molecule has 1 aromatic carbocycles. The monoisotopic (exact) mass is 305 g/mol. The van der Waals surface area contributed by atoms with Crippen LogP contribution < -0.4 is 4.74 Å². The van der Waals surface area contributed by atoms with Crippen molar-refractivity contribution < 1.29 is 14.6 Å². The predicted octanol–water partition coefficient (Wildman–Crippen LogP) is 3.72. The van der Waals surface area contributed by atoms with Crippen molar-refractivity contribution in [2.45, 2.75) is 45.1 Å². The molecule has 122 valence electrons. The molecule has 1 fully saturated rings. The van der Waals surface area contributed by atoms with Crippen molar-refractivity contribution in [1.29, 1.82) is 0 Å². The highest BCUT2D eigenvalue weighted by Crippen LogP contribution is 2.31. The van der Waals surface area contributed by atoms with E-state index in [1.807, 2.05) is 12.1 Å². The molecule has 0 saturated carbocycles. The Morgan fingerprint density at radius 3 is 2.45 bits per heavy atom. The highest BCUT2D eigenvalue weighted by Gasteiger charge is 2.28. The fraction of sp³-hybridized carbons (Fsp3) is 0.611. The average Bonchev–Trinajstić information content (AvgIpc) is 2.56. The van der Waals surface area contributed by atoms with Crippen LogP contribution in [0.2, 0.25) is 0 Å². The topological polar surface area (TPSA) is 49.8 Å². The van der Waals surface area contributed by atoms with Gasteiger partial charge in [0.1, 0.15) is 5.75 Å². The lowest BCUT2D eigenvalue weighted by Gasteiger charge is -2.37. The number of nitrogens with zero attached hydrogens (tertiary/aromatic N) is 1. The van der Waals surface area contributed by atoms with Gasteiger partial charge in [0, 0.05) is 6.04 Å². The van der Waals surface area contributed by atoms with E-state index in [-0.39, 0.29) is 5.92 Å². The molecule has 0 aromatic heterocycles. The molecule has 22 heavy (non-hydrogen) atoms. The summed E-state index contributed by atoms with van der Waals surface area (Å²) in [6, 6.07) is 8.70. The number of methoxy groups -OCH3 is 1. The third-order valence-electron chi connectivity index (χ3n) is 4.65. The van der Waals surface area contributed by atoms with E-state index >= 15 is 0 Å². The summed E-state index contributed by atoms with van der Waals surface area (Å²) in [6.45, 7) is 3.95. The van der Waals surface area contributed by atoms with E-state index in [9.17, 15) is 4.79 Å². The van der Waals surface area contributed by atoms with Crippen molar-refractivity contribution in [3.63, 3.8) is 0 Å². The molecule has 2 rings (SSSR count). The lowest BCUT2D eigenvalue weighted by molar-refractivity contribution is -0.143. The Kier molecular flexibility index (Phi) is 6.25. The Bertz CT molecular complexity index is 464. The lowest BCUT2D eigenvalue weighted by atomic mass is 9.92. The number of carbonyl (C=O) groups is 1. The number of hydrogen-bond donors (Lipinski definition) is 1. The summed E-state index contributed by atoms with van der Waals surface area (Å²) < 4.78 is 5.24. The van der Waals surface area contributed by atoms with Crippen LogP contribution in [0.15, 0.2) is 24.3 Å². The number of benzene rings is 1. The van der Waals surface area contributed by atoms with Crippen LogP contribution in [-0.4, -0.2) is 36.2 Å². The number of aliphatic carboxylic acids is 1. The van der Waals surface area contributed by atoms with Gasteiger partial charge in [-0.2, -0.15) is 0 Å². The second-order valence-electron chi connectivity index (χ2n) is 6.08. The van der Waals surface area contributed by atoms with Crippen LogP contribution in [-0.2, 0) is 4.79 Å². The Balaban J connectivity index is 2.07. The fourth-order valence-electron chi connectivity index (χ4n) is 3.24. The van der Waals surface area contributed by atoms with Gasteiger partial charge in [0.15, 0.2) is 0 Å². The van der Waals surface area contributed by atoms with Gasteiger partial charge < -0.3 is 9.84 Å². The highest BCUT2D eigenvalue weighted by molar-refractivity contribution is 5.70. The number of unbranched alkanes of at least 4 members (excludes halogenated alkanes) is 1. The average molecular weight is 305 g/mol. The minimum Gasteiger partial charge on any atom is -0.497 e. The molecular formula is C18H27NO3. The zero-order valence-electron chi connectivity index (χ0n) is 13.6. The quantitative estimate of drug-likeness (QED) is 0.834. The van der Waals surface area contributed by atoms with Crippen LogP contribution in [0.3, 0.4) is 0 Å². The SMILES string of the molecule is CCCCC(c1ccc(OC)cc1)N1CCC(C(=O)O)CC1. The molecule has 1 aliphatic rings. The molecule has 0 aliphatic carbocycles. The van der Waals surface area contributed by atoms with Crippen LogP contribution in [0.1, 0.15) is 50.6 Å². The first-order valence-corrected chi connectivity index (χ1v) is 8.26. The standard InChI is InChI=1S/C18H27NO3/c1-3-4-5-17(14-6-8-16(22-2)9-7-14)19-12-10-15(11-13-19)18(20)21/h6-9,15,17H,3-5,10-13H2,1-2H3,(H,20,21). The molecular weight excluding hydrogens is 278 g/mol. The van der Waals surface area contributed by atoms with Gasteiger partial charge in [0.05, 0.1) is 13.0 Å². The first kappa shape index (κ1) is 16.8. The van der Waals surface area contributed by atoms with Crippen molar-refractivity contribution in [1.82, 2.24) is 4.90 Å². The summed E-state index contributed by atoms with van der Waals surface area (Å²) in [7, 11) is 1.68. The predicted molar refractivity (Wildman–Crippen MR) is 87.2 cm³/mol. The zero-order valence-corrected chi connectivity index (χ0v) is 13.6. The highest BCUT2D eigenvalue weighted by atomic mass is 16.5. The number of ether oxygens (including phenoxy) is 1. The Morgan fingerprint density at radius 1 is 1.32 bits per heavy atom. The molecule has 1 N–H and O–H groups in total. The molecule has 0 amide bonds. The fourth-order valence-corrected chi connectivity index (χ4v) is 3.24. The van der Waals surface area contributed by atoms with Gasteiger partial charge in [-0.1, -0.05) is 31.9 Å². The van der Waals surface area contributed by atoms with E-state index in [2.05, 4.69) is 24.0 Å². The summed E-state index contributed by atoms with van der Waals surface area (Å²) in [5.74, 6) is 0.0655. The number of rotatable bonds is 7. The normalized spacial score (nSPS) is 18.1. The molecule has 1 heterocycles. The maximum Gasteiger partial charge on any atom is 0.306 e. The van der Waals surface area contributed by atoms with Crippen molar-refractivity contribution in [2.75, 3.05) is 20.2 Å². The van der Waals surface area contributed by atoms with Gasteiger partial charge in [0.25, 0.3) is 0 Å². The maximum absolute atomic E-state index is 11.1. The molecule has 4 nitrogen and oxygen atoms in total. The third kappa shape index (κ3) is 4.23. The maximum atomic E-state index is 11.1. The van der Waals surface area contributed by atoms with Gasteiger partial charge in [-0.05, 0) is 50.0 Å². The van der Waals surface area contributed by atoms with E-state index in [1.165, 1.54) is 18.4 Å². The van der Waals surface area contributed by atoms with Crippen LogP contribution in [0.5, 0.6) is 5.75 Å². The van der Waals surface area contributed by atoms with Gasteiger partial charge in [-0.15, -0.1) is 0 Å². The summed E-state index contributed by atoms with van der Waals surface area (Å²) in [4.78, 5) is 13.6. The number of hydrogen-bond acceptors (Lipinski definition) is 3. The van der Waals surface area contributed by atoms with Gasteiger partial charge in [0.2, 0.25) is 0 Å². The third-order valence-corrected chi connectivity index (χ3v) is 4.65. The van der Waals surface area contributed by atoms with Crippen molar-refractivity contribution in [2.24, 2.45) is 5.92 Å². The summed E-state index contributed by atoms with van der Waals surface area (Å²) in [6.07, 6.45) is 5.01. The van der Waals surface area contributed by atoms with Gasteiger partial charge in [-0.25, -0.2) is 0 Å². The lowest BCUT2D eigenvalue weighted by Crippen LogP contribution is -2.38. The zero-order chi connectivity index (χ0) is 15.9. The smallest absolute Gasteiger partial charge is 0.306 e. The number of carboxylic acid groups (broad SMARTS) is 1. The molecule has 1 unspecified atom stereocenters. The molecule has 1 aliphatic heterocycles. The summed E-state index contributed by atoms with van der Waals surface area (Å²) in [5.41, 5.74) is 1.31. The largest absolute Gasteiger partial charge is 0.497 e. The second-order valence-corrected chi connectivity index (χ2v) is 6.08. The van der Waals surface area contributed by atoms with Gasteiger partial charge >= 0.3 is 5.97 Å². The first-order chi connectivity index (χ1) is 10.7. The minimum atomic E-state index is -0.644. The van der Waals surface area contributed by atoms with E-state index in [0.29, 0.717) is 6.04 Å². The van der Waals surface area contributed by atoms with Crippen LogP contribution in [0, 0.1) is 5.92 Å². The molecule has 4 heteroatoms. The first-order valence-electron chi connectivity index (χ1n) is 8.26. The molecule has 0 bridgehead atoms. The van der Waals surface area contributed by atoms with Crippen LogP contribution in [0.4, 0.5) is 0 Å². The van der Waals surface area contributed by atoms with Crippen molar-refractivity contribution in [3.05, 3.63) is 29.8 Å². The number of likely N-dealkylation sites (tertiary alicyclic amines) is 1. The van der Waals surface area contributed by atoms with E-state index < -0.39 is 5.97 Å². The van der Waals surface area contributed by atoms with Crippen molar-refractivity contribution in [3.8, 4) is 5.75 Å². The van der Waals surface area contributed by atoms with Crippen LogP contribution >= 0.6 is 0 Å². The number of piperidine rings is 1. The van der Waals surface area contributed by atoms with Crippen molar-refractivity contribution >= 4 is 5.97 Å². The van der Waals surface area contributed by atoms with Crippen LogP contribution in [0.25, 0.3) is 0 Å². The molecule has 1 aromatic rings. The van der Waals surface area contributed by atoms with Gasteiger partial charge in [-0.3, -0.25) is 9.69 Å². The minimum absolute atomic E-state index is 0.168. The van der Waals surface area contributed by atoms with E-state index in [4.69, 9.17) is 9.84 Å². The Labute approximate surface area is 133 Å². The van der Waals surface area contributed by atoms with E-state index in [0.717, 1.165) is 38.1 Å². The Hall–Kier alpha value is -1.55. The summed E-state index contributed by atoms with van der Waals surface area (Å²) in [5, 5.41) is 9.15. The number of carboxylic acids is 1. The van der Waals surface area contributed by atoms with E-state index in [1.54, 1.807) is 7.11 Å². The molecule has 0 spiro atoms. The molecule has 1 saturated heterocycles. The molecule has 0 radical (unpaired) electrons. The Morgan fingerprint density at radius 2 is 1.95 bits per heavy atom. The summed E-state index contributed by atoms with van der Waals surface area (Å²) >= 11 is 0.